The average Bonchev–Trinajstić information content (AvgIpc) is 3.62. The summed E-state index contributed by atoms with van der Waals surface area (Å²) in [4.78, 5) is 30.2. The Balaban J connectivity index is 1.56. The van der Waals surface area contributed by atoms with E-state index in [0.29, 0.717) is 16.5 Å². The van der Waals surface area contributed by atoms with E-state index >= 15 is 0 Å². The smallest absolute Gasteiger partial charge is 0.264 e. The first-order valence-corrected chi connectivity index (χ1v) is 17.7. The fourth-order valence-corrected chi connectivity index (χ4v) is 7.49. The molecule has 9 nitrogen and oxygen atoms in total. The number of sulfonamides is 1. The molecule has 4 aromatic carbocycles. The topological polar surface area (TPSA) is 105 Å². The van der Waals surface area contributed by atoms with E-state index in [-0.39, 0.29) is 35.6 Å². The third-order valence-electron chi connectivity index (χ3n) is 8.50. The fourth-order valence-electron chi connectivity index (χ4n) is 5.94. The molecule has 0 heterocycles. The summed E-state index contributed by atoms with van der Waals surface area (Å²) in [6, 6.07) is 28.4. The molecule has 11 heteroatoms. The highest BCUT2D eigenvalue weighted by atomic mass is 35.5. The number of amides is 2. The first-order chi connectivity index (χ1) is 23.2. The molecule has 0 aromatic heterocycles. The van der Waals surface area contributed by atoms with Crippen LogP contribution in [0.25, 0.3) is 0 Å². The lowest BCUT2D eigenvalue weighted by Crippen LogP contribution is -2.54. The van der Waals surface area contributed by atoms with E-state index in [1.54, 1.807) is 54.6 Å². The number of methoxy groups -OCH3 is 2. The predicted octanol–water partition coefficient (Wildman–Crippen LogP) is 6.25. The number of para-hydroxylation sites is 1. The number of rotatable bonds is 14. The number of hydrogen-bond donors (Lipinski definition) is 1. The zero-order valence-corrected chi connectivity index (χ0v) is 28.6. The third kappa shape index (κ3) is 8.48. The van der Waals surface area contributed by atoms with Crippen LogP contribution in [0.4, 0.5) is 5.69 Å². The Morgan fingerprint density at radius 3 is 2.08 bits per heavy atom. The van der Waals surface area contributed by atoms with Crippen LogP contribution in [0.15, 0.2) is 108 Å². The van der Waals surface area contributed by atoms with Gasteiger partial charge in [0.05, 0.1) is 24.8 Å². The van der Waals surface area contributed by atoms with Gasteiger partial charge >= 0.3 is 0 Å². The summed E-state index contributed by atoms with van der Waals surface area (Å²) < 4.78 is 40.5. The number of carbonyl (C=O) groups is 2. The first kappa shape index (κ1) is 34.8. The Bertz CT molecular complexity index is 1780. The highest BCUT2D eigenvalue weighted by Crippen LogP contribution is 2.32. The van der Waals surface area contributed by atoms with Gasteiger partial charge < -0.3 is 19.7 Å². The monoisotopic (exact) mass is 689 g/mol. The van der Waals surface area contributed by atoms with Crippen molar-refractivity contribution in [1.82, 2.24) is 10.2 Å². The molecule has 1 saturated carbocycles. The van der Waals surface area contributed by atoms with Crippen molar-refractivity contribution < 1.29 is 27.5 Å². The zero-order valence-electron chi connectivity index (χ0n) is 27.0. The van der Waals surface area contributed by atoms with E-state index in [0.717, 1.165) is 41.1 Å². The van der Waals surface area contributed by atoms with Crippen molar-refractivity contribution in [1.29, 1.82) is 0 Å². The summed E-state index contributed by atoms with van der Waals surface area (Å²) in [6.45, 7) is -0.499. The van der Waals surface area contributed by atoms with E-state index in [4.69, 9.17) is 21.1 Å². The van der Waals surface area contributed by atoms with Gasteiger partial charge in [-0.3, -0.25) is 13.9 Å². The minimum atomic E-state index is -4.31. The van der Waals surface area contributed by atoms with Gasteiger partial charge in [-0.15, -0.1) is 0 Å². The number of nitrogens with one attached hydrogen (secondary N) is 1. The number of benzene rings is 4. The number of carbonyl (C=O) groups excluding carboxylic acids is 2. The van der Waals surface area contributed by atoms with Gasteiger partial charge in [-0.1, -0.05) is 85.1 Å². The molecular formula is C37H40ClN3O6S. The Morgan fingerprint density at radius 1 is 0.833 bits per heavy atom. The Morgan fingerprint density at radius 2 is 1.46 bits per heavy atom. The molecule has 5 rings (SSSR count). The molecule has 0 bridgehead atoms. The van der Waals surface area contributed by atoms with Crippen molar-refractivity contribution in [2.45, 2.75) is 55.6 Å². The van der Waals surface area contributed by atoms with Crippen molar-refractivity contribution in [2.24, 2.45) is 0 Å². The number of halogens is 1. The molecule has 0 aliphatic heterocycles. The van der Waals surface area contributed by atoms with Crippen LogP contribution in [-0.2, 0) is 32.6 Å². The van der Waals surface area contributed by atoms with E-state index in [9.17, 15) is 18.0 Å². The highest BCUT2D eigenvalue weighted by Gasteiger charge is 2.35. The Kier molecular flexibility index (Phi) is 11.6. The van der Waals surface area contributed by atoms with Crippen LogP contribution in [0.5, 0.6) is 11.5 Å². The maximum absolute atomic E-state index is 14.6. The van der Waals surface area contributed by atoms with Crippen LogP contribution < -0.4 is 19.1 Å². The summed E-state index contributed by atoms with van der Waals surface area (Å²) in [7, 11) is -1.43. The molecule has 1 N–H and O–H groups in total. The van der Waals surface area contributed by atoms with Crippen molar-refractivity contribution >= 4 is 39.1 Å². The fraction of sp³-hybridized carbons (Fsp3) is 0.297. The van der Waals surface area contributed by atoms with Crippen molar-refractivity contribution in [3.63, 3.8) is 0 Å². The molecule has 1 aliphatic carbocycles. The van der Waals surface area contributed by atoms with Crippen LogP contribution in [0.2, 0.25) is 5.02 Å². The molecular weight excluding hydrogens is 650 g/mol. The van der Waals surface area contributed by atoms with E-state index in [1.165, 1.54) is 37.3 Å². The zero-order chi connectivity index (χ0) is 34.1. The Labute approximate surface area is 287 Å². The van der Waals surface area contributed by atoms with E-state index in [1.807, 2.05) is 30.3 Å². The van der Waals surface area contributed by atoms with Gasteiger partial charge in [0.1, 0.15) is 12.6 Å². The van der Waals surface area contributed by atoms with Gasteiger partial charge in [0, 0.05) is 30.1 Å². The number of nitrogens with zero attached hydrogens (tertiary/aromatic N) is 2. The Hall–Kier alpha value is -4.54. The lowest BCUT2D eigenvalue weighted by Gasteiger charge is -2.34. The van der Waals surface area contributed by atoms with Crippen LogP contribution in [0.1, 0.15) is 36.8 Å². The molecule has 48 heavy (non-hydrogen) atoms. The minimum Gasteiger partial charge on any atom is -0.493 e. The van der Waals surface area contributed by atoms with Gasteiger partial charge in [-0.05, 0) is 60.4 Å². The molecule has 0 radical (unpaired) electrons. The number of ether oxygens (including phenoxy) is 2. The molecule has 4 aromatic rings. The van der Waals surface area contributed by atoms with Crippen LogP contribution in [0, 0.1) is 0 Å². The largest absolute Gasteiger partial charge is 0.493 e. The average molecular weight is 690 g/mol. The normalized spacial score (nSPS) is 13.8. The molecule has 0 saturated heterocycles. The second-order valence-electron chi connectivity index (χ2n) is 11.7. The second kappa shape index (κ2) is 16.0. The highest BCUT2D eigenvalue weighted by molar-refractivity contribution is 7.92. The molecule has 1 atom stereocenters. The molecule has 2 amide bonds. The summed E-state index contributed by atoms with van der Waals surface area (Å²) in [6.07, 6.45) is 4.05. The number of hydrogen-bond acceptors (Lipinski definition) is 6. The van der Waals surface area contributed by atoms with Gasteiger partial charge in [0.25, 0.3) is 10.0 Å². The van der Waals surface area contributed by atoms with Crippen molar-refractivity contribution in [3.05, 3.63) is 119 Å². The lowest BCUT2D eigenvalue weighted by atomic mass is 10.0. The minimum absolute atomic E-state index is 0.0227. The first-order valence-electron chi connectivity index (χ1n) is 15.9. The van der Waals surface area contributed by atoms with Crippen molar-refractivity contribution in [3.8, 4) is 11.5 Å². The van der Waals surface area contributed by atoms with Gasteiger partial charge in [-0.2, -0.15) is 0 Å². The maximum atomic E-state index is 14.6. The molecule has 1 unspecified atom stereocenters. The molecule has 0 spiro atoms. The lowest BCUT2D eigenvalue weighted by molar-refractivity contribution is -0.140. The van der Waals surface area contributed by atoms with Crippen LogP contribution in [0.3, 0.4) is 0 Å². The van der Waals surface area contributed by atoms with Gasteiger partial charge in [0.2, 0.25) is 11.8 Å². The van der Waals surface area contributed by atoms with Gasteiger partial charge in [0.15, 0.2) is 11.5 Å². The standard InChI is InChI=1S/C37H40ClN3O6S/c1-46-34-22-21-32(24-35(34)47-2)48(44,45)41(31-15-7-4-8-16-31)26-36(42)40(25-28-17-19-29(38)20-18-28)33(23-27-11-5-3-6-12-27)37(43)39-30-13-9-10-14-30/h3-8,11-12,15-22,24,30,33H,9-10,13-14,23,25-26H2,1-2H3,(H,39,43). The summed E-state index contributed by atoms with van der Waals surface area (Å²) >= 11 is 6.18. The summed E-state index contributed by atoms with van der Waals surface area (Å²) in [5.41, 5.74) is 1.91. The summed E-state index contributed by atoms with van der Waals surface area (Å²) in [5.74, 6) is -0.221. The number of anilines is 1. The molecule has 1 aliphatic rings. The third-order valence-corrected chi connectivity index (χ3v) is 10.5. The predicted molar refractivity (Wildman–Crippen MR) is 187 cm³/mol. The van der Waals surface area contributed by atoms with E-state index < -0.39 is 28.5 Å². The SMILES string of the molecule is COc1ccc(S(=O)(=O)N(CC(=O)N(Cc2ccc(Cl)cc2)C(Cc2ccccc2)C(=O)NC2CCCC2)c2ccccc2)cc1OC. The van der Waals surface area contributed by atoms with E-state index in [2.05, 4.69) is 5.32 Å². The molecule has 252 valence electrons. The van der Waals surface area contributed by atoms with Crippen LogP contribution in [-0.4, -0.2) is 58.0 Å². The quantitative estimate of drug-likeness (QED) is 0.168. The maximum Gasteiger partial charge on any atom is 0.264 e. The van der Waals surface area contributed by atoms with Crippen molar-refractivity contribution in [2.75, 3.05) is 25.1 Å². The second-order valence-corrected chi connectivity index (χ2v) is 14.0. The molecule has 1 fully saturated rings. The summed E-state index contributed by atoms with van der Waals surface area (Å²) in [5, 5.41) is 3.72. The van der Waals surface area contributed by atoms with Gasteiger partial charge in [-0.25, -0.2) is 8.42 Å². The van der Waals surface area contributed by atoms with Crippen LogP contribution >= 0.6 is 11.6 Å².